The number of aryl methyl sites for hydroxylation is 1. The maximum Gasteiger partial charge on any atom is 0.135 e. The Labute approximate surface area is 108 Å². The molecule has 1 aromatic rings. The average molecular weight is 250 g/mol. The van der Waals surface area contributed by atoms with Gasteiger partial charge in [0.1, 0.15) is 17.5 Å². The van der Waals surface area contributed by atoms with E-state index >= 15 is 0 Å². The Hall–Kier alpha value is -1.36. The Morgan fingerprint density at radius 3 is 2.83 bits per heavy atom. The summed E-state index contributed by atoms with van der Waals surface area (Å²) in [5.41, 5.74) is 6.86. The summed E-state index contributed by atoms with van der Waals surface area (Å²) in [6.45, 7) is 6.95. The van der Waals surface area contributed by atoms with Crippen molar-refractivity contribution in [1.29, 1.82) is 0 Å². The van der Waals surface area contributed by atoms with Crippen LogP contribution in [0.4, 0.5) is 11.6 Å². The second-order valence-electron chi connectivity index (χ2n) is 4.86. The Morgan fingerprint density at radius 2 is 2.22 bits per heavy atom. The van der Waals surface area contributed by atoms with E-state index in [0.717, 1.165) is 43.1 Å². The average Bonchev–Trinajstić information content (AvgIpc) is 2.72. The fourth-order valence-corrected chi connectivity index (χ4v) is 2.15. The van der Waals surface area contributed by atoms with Gasteiger partial charge in [0.2, 0.25) is 0 Å². The molecule has 100 valence electrons. The number of nitrogens with one attached hydrogen (secondary N) is 1. The summed E-state index contributed by atoms with van der Waals surface area (Å²) < 4.78 is 5.55. The minimum Gasteiger partial charge on any atom is -0.383 e. The molecule has 0 aliphatic carbocycles. The zero-order valence-corrected chi connectivity index (χ0v) is 11.4. The van der Waals surface area contributed by atoms with E-state index in [9.17, 15) is 0 Å². The molecule has 1 aliphatic heterocycles. The van der Waals surface area contributed by atoms with Gasteiger partial charge in [0.15, 0.2) is 0 Å². The number of nitrogen functional groups attached to an aromatic ring is 1. The fraction of sp³-hybridized carbons (Fsp3) is 0.692. The van der Waals surface area contributed by atoms with Crippen molar-refractivity contribution in [2.45, 2.75) is 52.2 Å². The maximum absolute atomic E-state index is 5.94. The van der Waals surface area contributed by atoms with Crippen LogP contribution >= 0.6 is 0 Å². The van der Waals surface area contributed by atoms with Gasteiger partial charge < -0.3 is 15.8 Å². The molecule has 0 amide bonds. The molecule has 0 spiro atoms. The molecule has 0 bridgehead atoms. The molecule has 2 unspecified atom stereocenters. The molecule has 1 saturated heterocycles. The van der Waals surface area contributed by atoms with E-state index in [0.29, 0.717) is 11.9 Å². The van der Waals surface area contributed by atoms with Gasteiger partial charge in [-0.1, -0.05) is 6.92 Å². The lowest BCUT2D eigenvalue weighted by molar-refractivity contribution is 0.121. The molecule has 2 atom stereocenters. The van der Waals surface area contributed by atoms with Crippen LogP contribution in [-0.2, 0) is 11.2 Å². The SMILES string of the molecule is CCCc1nc(N)c(C)c(NC2CCOC2C)n1. The van der Waals surface area contributed by atoms with E-state index in [1.165, 1.54) is 0 Å². The molecule has 0 radical (unpaired) electrons. The minimum absolute atomic E-state index is 0.218. The summed E-state index contributed by atoms with van der Waals surface area (Å²) in [5.74, 6) is 2.24. The molecule has 3 N–H and O–H groups in total. The van der Waals surface area contributed by atoms with Crippen molar-refractivity contribution in [3.05, 3.63) is 11.4 Å². The molecule has 0 aromatic carbocycles. The molecule has 5 nitrogen and oxygen atoms in total. The van der Waals surface area contributed by atoms with Crippen molar-refractivity contribution in [3.8, 4) is 0 Å². The summed E-state index contributed by atoms with van der Waals surface area (Å²) in [5, 5.41) is 3.44. The highest BCUT2D eigenvalue weighted by molar-refractivity contribution is 5.55. The first-order valence-corrected chi connectivity index (χ1v) is 6.63. The van der Waals surface area contributed by atoms with Gasteiger partial charge in [0.05, 0.1) is 12.1 Å². The van der Waals surface area contributed by atoms with Crippen LogP contribution in [0.2, 0.25) is 0 Å². The predicted molar refractivity (Wildman–Crippen MR) is 72.6 cm³/mol. The van der Waals surface area contributed by atoms with E-state index in [2.05, 4.69) is 29.1 Å². The highest BCUT2D eigenvalue weighted by atomic mass is 16.5. The van der Waals surface area contributed by atoms with Crippen LogP contribution in [0.1, 0.15) is 38.1 Å². The number of hydrogen-bond acceptors (Lipinski definition) is 5. The smallest absolute Gasteiger partial charge is 0.135 e. The molecule has 0 saturated carbocycles. The molecular formula is C13H22N4O. The summed E-state index contributed by atoms with van der Waals surface area (Å²) >= 11 is 0. The Bertz CT molecular complexity index is 422. The van der Waals surface area contributed by atoms with Gasteiger partial charge in [0.25, 0.3) is 0 Å². The van der Waals surface area contributed by atoms with E-state index in [1.807, 2.05) is 6.92 Å². The summed E-state index contributed by atoms with van der Waals surface area (Å²) in [4.78, 5) is 8.88. The largest absolute Gasteiger partial charge is 0.383 e. The number of anilines is 2. The Kier molecular flexibility index (Phi) is 4.01. The van der Waals surface area contributed by atoms with Crippen LogP contribution in [-0.4, -0.2) is 28.7 Å². The third-order valence-electron chi connectivity index (χ3n) is 3.40. The van der Waals surface area contributed by atoms with Crippen LogP contribution in [0.25, 0.3) is 0 Å². The van der Waals surface area contributed by atoms with Gasteiger partial charge >= 0.3 is 0 Å². The van der Waals surface area contributed by atoms with Gasteiger partial charge in [-0.05, 0) is 26.7 Å². The molecule has 1 aliphatic rings. The van der Waals surface area contributed by atoms with Gasteiger partial charge in [-0.3, -0.25) is 0 Å². The fourth-order valence-electron chi connectivity index (χ4n) is 2.15. The van der Waals surface area contributed by atoms with E-state index in [1.54, 1.807) is 0 Å². The van der Waals surface area contributed by atoms with E-state index < -0.39 is 0 Å². The monoisotopic (exact) mass is 250 g/mol. The third kappa shape index (κ3) is 2.72. The molecule has 1 aromatic heterocycles. The zero-order valence-electron chi connectivity index (χ0n) is 11.4. The molecule has 2 rings (SSSR count). The van der Waals surface area contributed by atoms with Crippen LogP contribution < -0.4 is 11.1 Å². The third-order valence-corrected chi connectivity index (χ3v) is 3.40. The zero-order chi connectivity index (χ0) is 13.1. The highest BCUT2D eigenvalue weighted by Crippen LogP contribution is 2.22. The molecule has 5 heteroatoms. The quantitative estimate of drug-likeness (QED) is 0.854. The van der Waals surface area contributed by atoms with Crippen LogP contribution in [0.3, 0.4) is 0 Å². The Balaban J connectivity index is 2.20. The van der Waals surface area contributed by atoms with E-state index in [-0.39, 0.29) is 6.10 Å². The normalized spacial score (nSPS) is 23.3. The Morgan fingerprint density at radius 1 is 1.44 bits per heavy atom. The standard InChI is InChI=1S/C13H22N4O/c1-4-5-11-16-12(14)8(2)13(17-11)15-10-6-7-18-9(10)3/h9-10H,4-7H2,1-3H3,(H3,14,15,16,17). The minimum atomic E-state index is 0.218. The van der Waals surface area contributed by atoms with Crippen molar-refractivity contribution in [2.75, 3.05) is 17.7 Å². The lowest BCUT2D eigenvalue weighted by atomic mass is 10.1. The number of hydrogen-bond donors (Lipinski definition) is 2. The molecule has 2 heterocycles. The highest BCUT2D eigenvalue weighted by Gasteiger charge is 2.25. The lowest BCUT2D eigenvalue weighted by Crippen LogP contribution is -2.28. The lowest BCUT2D eigenvalue weighted by Gasteiger charge is -2.19. The number of ether oxygens (including phenoxy) is 1. The first-order valence-electron chi connectivity index (χ1n) is 6.63. The summed E-state index contributed by atoms with van der Waals surface area (Å²) in [7, 11) is 0. The van der Waals surface area contributed by atoms with Crippen molar-refractivity contribution in [1.82, 2.24) is 9.97 Å². The summed E-state index contributed by atoms with van der Waals surface area (Å²) in [6.07, 6.45) is 3.10. The first-order chi connectivity index (χ1) is 8.61. The summed E-state index contributed by atoms with van der Waals surface area (Å²) in [6, 6.07) is 0.312. The predicted octanol–water partition coefficient (Wildman–Crippen LogP) is 1.91. The van der Waals surface area contributed by atoms with Gasteiger partial charge in [-0.2, -0.15) is 0 Å². The van der Waals surface area contributed by atoms with Crippen molar-refractivity contribution < 1.29 is 4.74 Å². The van der Waals surface area contributed by atoms with Gasteiger partial charge in [0, 0.05) is 18.6 Å². The second kappa shape index (κ2) is 5.52. The van der Waals surface area contributed by atoms with Crippen LogP contribution in [0.15, 0.2) is 0 Å². The van der Waals surface area contributed by atoms with Crippen molar-refractivity contribution >= 4 is 11.6 Å². The van der Waals surface area contributed by atoms with Gasteiger partial charge in [-0.25, -0.2) is 9.97 Å². The van der Waals surface area contributed by atoms with Crippen LogP contribution in [0, 0.1) is 6.92 Å². The molecule has 18 heavy (non-hydrogen) atoms. The number of rotatable bonds is 4. The van der Waals surface area contributed by atoms with Crippen LogP contribution in [0.5, 0.6) is 0 Å². The topological polar surface area (TPSA) is 73.1 Å². The number of nitrogens with two attached hydrogens (primary N) is 1. The molecule has 1 fully saturated rings. The van der Waals surface area contributed by atoms with E-state index in [4.69, 9.17) is 10.5 Å². The molecular weight excluding hydrogens is 228 g/mol. The van der Waals surface area contributed by atoms with Crippen molar-refractivity contribution in [2.24, 2.45) is 0 Å². The number of aromatic nitrogens is 2. The van der Waals surface area contributed by atoms with Gasteiger partial charge in [-0.15, -0.1) is 0 Å². The number of nitrogens with zero attached hydrogens (tertiary/aromatic N) is 2. The van der Waals surface area contributed by atoms with Crippen molar-refractivity contribution in [3.63, 3.8) is 0 Å². The maximum atomic E-state index is 5.94. The first kappa shape index (κ1) is 13.1. The second-order valence-corrected chi connectivity index (χ2v) is 4.86.